The molecular formula is C21H16FN3O2S. The molecule has 0 aliphatic heterocycles. The van der Waals surface area contributed by atoms with E-state index in [9.17, 15) is 9.18 Å². The molecule has 0 atom stereocenters. The quantitative estimate of drug-likeness (QED) is 0.343. The van der Waals surface area contributed by atoms with Crippen molar-refractivity contribution in [2.75, 3.05) is 5.75 Å². The predicted octanol–water partition coefficient (Wildman–Crippen LogP) is 4.95. The van der Waals surface area contributed by atoms with Gasteiger partial charge in [-0.15, -0.1) is 10.2 Å². The average Bonchev–Trinajstić information content (AvgIpc) is 3.33. The van der Waals surface area contributed by atoms with Crippen molar-refractivity contribution in [3.8, 4) is 17.1 Å². The van der Waals surface area contributed by atoms with Gasteiger partial charge in [0.05, 0.1) is 17.6 Å². The number of aryl methyl sites for hydroxylation is 1. The number of ketones is 1. The van der Waals surface area contributed by atoms with Crippen LogP contribution in [0.5, 0.6) is 0 Å². The molecule has 2 aromatic carbocycles. The van der Waals surface area contributed by atoms with Gasteiger partial charge in [0.15, 0.2) is 16.8 Å². The smallest absolute Gasteiger partial charge is 0.196 e. The Hall–Kier alpha value is -3.19. The number of aromatic nitrogens is 3. The Morgan fingerprint density at radius 1 is 1.07 bits per heavy atom. The standard InChI is InChI=1S/C21H16FN3O2S/c1-14-18(11-12-27-14)20-23-24-21(25(20)17-5-3-2-4-6-17)28-13-19(26)15-7-9-16(22)10-8-15/h2-12H,13H2,1H3. The zero-order valence-corrected chi connectivity index (χ0v) is 15.8. The molecule has 0 bridgehead atoms. The summed E-state index contributed by atoms with van der Waals surface area (Å²) in [4.78, 5) is 12.5. The minimum Gasteiger partial charge on any atom is -0.469 e. The normalized spacial score (nSPS) is 10.9. The van der Waals surface area contributed by atoms with Crippen LogP contribution < -0.4 is 0 Å². The molecule has 5 nitrogen and oxygen atoms in total. The molecule has 2 aromatic heterocycles. The molecule has 28 heavy (non-hydrogen) atoms. The van der Waals surface area contributed by atoms with Gasteiger partial charge >= 0.3 is 0 Å². The van der Waals surface area contributed by atoms with Crippen LogP contribution in [0.15, 0.2) is 76.5 Å². The number of carbonyl (C=O) groups is 1. The van der Waals surface area contributed by atoms with Crippen molar-refractivity contribution in [3.63, 3.8) is 0 Å². The zero-order chi connectivity index (χ0) is 19.5. The Kier molecular flexibility index (Phi) is 5.08. The second kappa shape index (κ2) is 7.82. The van der Waals surface area contributed by atoms with Gasteiger partial charge in [-0.05, 0) is 49.4 Å². The molecule has 0 saturated heterocycles. The van der Waals surface area contributed by atoms with Crippen LogP contribution in [-0.2, 0) is 0 Å². The molecule has 0 fully saturated rings. The zero-order valence-electron chi connectivity index (χ0n) is 15.0. The molecule has 140 valence electrons. The van der Waals surface area contributed by atoms with E-state index in [0.717, 1.165) is 17.0 Å². The first kappa shape index (κ1) is 18.2. The summed E-state index contributed by atoms with van der Waals surface area (Å²) in [5, 5.41) is 9.22. The molecule has 0 aliphatic carbocycles. The fourth-order valence-corrected chi connectivity index (χ4v) is 3.66. The molecule has 0 radical (unpaired) electrons. The van der Waals surface area contributed by atoms with Gasteiger partial charge in [0.25, 0.3) is 0 Å². The summed E-state index contributed by atoms with van der Waals surface area (Å²) in [5.74, 6) is 1.08. The first-order valence-electron chi connectivity index (χ1n) is 8.60. The number of carbonyl (C=O) groups excluding carboxylic acids is 1. The fourth-order valence-electron chi connectivity index (χ4n) is 2.81. The number of halogens is 1. The average molecular weight is 393 g/mol. The van der Waals surface area contributed by atoms with Crippen molar-refractivity contribution in [3.05, 3.63) is 84.1 Å². The Bertz CT molecular complexity index is 1100. The van der Waals surface area contributed by atoms with Gasteiger partial charge in [-0.3, -0.25) is 9.36 Å². The van der Waals surface area contributed by atoms with Crippen LogP contribution in [0.1, 0.15) is 16.1 Å². The Morgan fingerprint density at radius 2 is 1.82 bits per heavy atom. The second-order valence-corrected chi connectivity index (χ2v) is 7.03. The molecule has 4 rings (SSSR count). The highest BCUT2D eigenvalue weighted by Crippen LogP contribution is 2.30. The van der Waals surface area contributed by atoms with E-state index in [1.54, 1.807) is 6.26 Å². The van der Waals surface area contributed by atoms with E-state index in [0.29, 0.717) is 16.5 Å². The van der Waals surface area contributed by atoms with Crippen LogP contribution in [0, 0.1) is 12.7 Å². The second-order valence-electron chi connectivity index (χ2n) is 6.09. The maximum atomic E-state index is 13.1. The van der Waals surface area contributed by atoms with Gasteiger partial charge in [0.2, 0.25) is 0 Å². The summed E-state index contributed by atoms with van der Waals surface area (Å²) in [6.07, 6.45) is 1.61. The maximum absolute atomic E-state index is 13.1. The van der Waals surface area contributed by atoms with Crippen LogP contribution in [0.4, 0.5) is 4.39 Å². The molecule has 0 aliphatic rings. The molecule has 7 heteroatoms. The molecular weight excluding hydrogens is 377 g/mol. The largest absolute Gasteiger partial charge is 0.469 e. The van der Waals surface area contributed by atoms with E-state index >= 15 is 0 Å². The summed E-state index contributed by atoms with van der Waals surface area (Å²) in [6, 6.07) is 17.1. The number of hydrogen-bond acceptors (Lipinski definition) is 5. The predicted molar refractivity (Wildman–Crippen MR) is 105 cm³/mol. The van der Waals surface area contributed by atoms with Crippen molar-refractivity contribution in [2.45, 2.75) is 12.1 Å². The van der Waals surface area contributed by atoms with E-state index < -0.39 is 0 Å². The molecule has 0 saturated carbocycles. The van der Waals surface area contributed by atoms with Crippen molar-refractivity contribution < 1.29 is 13.6 Å². The summed E-state index contributed by atoms with van der Waals surface area (Å²) in [7, 11) is 0. The third-order valence-electron chi connectivity index (χ3n) is 4.25. The summed E-state index contributed by atoms with van der Waals surface area (Å²) in [5.41, 5.74) is 2.19. The SMILES string of the molecule is Cc1occc1-c1nnc(SCC(=O)c2ccc(F)cc2)n1-c1ccccc1. The van der Waals surface area contributed by atoms with Gasteiger partial charge in [0, 0.05) is 11.3 Å². The monoisotopic (exact) mass is 393 g/mol. The van der Waals surface area contributed by atoms with E-state index in [1.807, 2.05) is 47.9 Å². The van der Waals surface area contributed by atoms with Gasteiger partial charge in [-0.2, -0.15) is 0 Å². The highest BCUT2D eigenvalue weighted by Gasteiger charge is 2.19. The molecule has 2 heterocycles. The molecule has 0 spiro atoms. The van der Waals surface area contributed by atoms with Crippen LogP contribution in [0.25, 0.3) is 17.1 Å². The third kappa shape index (κ3) is 3.61. The molecule has 0 amide bonds. The van der Waals surface area contributed by atoms with Crippen molar-refractivity contribution in [1.82, 2.24) is 14.8 Å². The van der Waals surface area contributed by atoms with Gasteiger partial charge < -0.3 is 4.42 Å². The third-order valence-corrected chi connectivity index (χ3v) is 5.17. The lowest BCUT2D eigenvalue weighted by Gasteiger charge is -2.09. The number of Topliss-reactive ketones (excluding diaryl/α,β-unsaturated/α-hetero) is 1. The van der Waals surface area contributed by atoms with Crippen LogP contribution in [0.2, 0.25) is 0 Å². The van der Waals surface area contributed by atoms with E-state index in [1.165, 1.54) is 36.0 Å². The van der Waals surface area contributed by atoms with Gasteiger partial charge in [-0.25, -0.2) is 4.39 Å². The molecule has 4 aromatic rings. The summed E-state index contributed by atoms with van der Waals surface area (Å²) < 4.78 is 20.4. The number of benzene rings is 2. The Labute approximate surface area is 165 Å². The summed E-state index contributed by atoms with van der Waals surface area (Å²) >= 11 is 1.29. The molecule has 0 N–H and O–H groups in total. The first-order chi connectivity index (χ1) is 13.6. The highest BCUT2D eigenvalue weighted by atomic mass is 32.2. The van der Waals surface area contributed by atoms with Crippen molar-refractivity contribution in [2.24, 2.45) is 0 Å². The molecule has 0 unspecified atom stereocenters. The van der Waals surface area contributed by atoms with E-state index in [2.05, 4.69) is 10.2 Å². The van der Waals surface area contributed by atoms with Crippen LogP contribution in [0.3, 0.4) is 0 Å². The topological polar surface area (TPSA) is 60.9 Å². The maximum Gasteiger partial charge on any atom is 0.196 e. The number of nitrogens with zero attached hydrogens (tertiary/aromatic N) is 3. The number of thioether (sulfide) groups is 1. The minimum atomic E-state index is -0.367. The fraction of sp³-hybridized carbons (Fsp3) is 0.0952. The van der Waals surface area contributed by atoms with E-state index in [4.69, 9.17) is 4.42 Å². The number of furan rings is 1. The van der Waals surface area contributed by atoms with Gasteiger partial charge in [0.1, 0.15) is 11.6 Å². The lowest BCUT2D eigenvalue weighted by atomic mass is 10.1. The number of hydrogen-bond donors (Lipinski definition) is 0. The number of rotatable bonds is 6. The van der Waals surface area contributed by atoms with Crippen molar-refractivity contribution in [1.29, 1.82) is 0 Å². The minimum absolute atomic E-state index is 0.103. The first-order valence-corrected chi connectivity index (χ1v) is 9.59. The van der Waals surface area contributed by atoms with Crippen molar-refractivity contribution >= 4 is 17.5 Å². The van der Waals surface area contributed by atoms with Crippen LogP contribution in [-0.4, -0.2) is 26.3 Å². The summed E-state index contributed by atoms with van der Waals surface area (Å²) in [6.45, 7) is 1.87. The lowest BCUT2D eigenvalue weighted by molar-refractivity contribution is 0.102. The lowest BCUT2D eigenvalue weighted by Crippen LogP contribution is -2.05. The van der Waals surface area contributed by atoms with E-state index in [-0.39, 0.29) is 17.4 Å². The Balaban J connectivity index is 1.66. The highest BCUT2D eigenvalue weighted by molar-refractivity contribution is 7.99. The Morgan fingerprint density at radius 3 is 2.50 bits per heavy atom. The van der Waals surface area contributed by atoms with Gasteiger partial charge in [-0.1, -0.05) is 30.0 Å². The number of para-hydroxylation sites is 1. The van der Waals surface area contributed by atoms with Crippen LogP contribution >= 0.6 is 11.8 Å².